The zero-order chi connectivity index (χ0) is 17.4. The van der Waals surface area contributed by atoms with E-state index < -0.39 is 0 Å². The van der Waals surface area contributed by atoms with Crippen LogP contribution in [0.3, 0.4) is 0 Å². The maximum atomic E-state index is 6.18. The summed E-state index contributed by atoms with van der Waals surface area (Å²) in [6, 6.07) is 13.7. The van der Waals surface area contributed by atoms with Gasteiger partial charge in [0, 0.05) is 37.3 Å². The standard InChI is InChI=1S/C18H21Cl2N3O/c1-21-18(23-11-15-6-7-16(19)9-17(15)20)22-10-13-4-3-5-14(8-13)12-24-2/h3-9H,10-12H2,1-2H3,(H2,21,22,23). The van der Waals surface area contributed by atoms with Crippen molar-refractivity contribution >= 4 is 29.2 Å². The summed E-state index contributed by atoms with van der Waals surface area (Å²) in [7, 11) is 3.43. The minimum absolute atomic E-state index is 0.569. The number of methoxy groups -OCH3 is 1. The van der Waals surface area contributed by atoms with Crippen molar-refractivity contribution in [2.75, 3.05) is 14.2 Å². The van der Waals surface area contributed by atoms with Crippen molar-refractivity contribution in [2.24, 2.45) is 4.99 Å². The first-order chi connectivity index (χ1) is 11.6. The SMILES string of the molecule is CN=C(NCc1cccc(COC)c1)NCc1ccc(Cl)cc1Cl. The first-order valence-corrected chi connectivity index (χ1v) is 8.33. The molecule has 0 aliphatic heterocycles. The van der Waals surface area contributed by atoms with Gasteiger partial charge in [-0.05, 0) is 28.8 Å². The van der Waals surface area contributed by atoms with Crippen LogP contribution in [0.4, 0.5) is 0 Å². The third kappa shape index (κ3) is 5.71. The molecule has 6 heteroatoms. The van der Waals surface area contributed by atoms with E-state index in [1.165, 1.54) is 0 Å². The number of aliphatic imine (C=N–C) groups is 1. The number of halogens is 2. The van der Waals surface area contributed by atoms with Gasteiger partial charge in [-0.1, -0.05) is 53.5 Å². The monoisotopic (exact) mass is 365 g/mol. The Morgan fingerprint density at radius 3 is 2.50 bits per heavy atom. The third-order valence-electron chi connectivity index (χ3n) is 3.45. The highest BCUT2D eigenvalue weighted by Gasteiger charge is 2.04. The summed E-state index contributed by atoms with van der Waals surface area (Å²) < 4.78 is 5.16. The quantitative estimate of drug-likeness (QED) is 0.600. The highest BCUT2D eigenvalue weighted by Crippen LogP contribution is 2.20. The van der Waals surface area contributed by atoms with Crippen LogP contribution in [0, 0.1) is 0 Å². The zero-order valence-corrected chi connectivity index (χ0v) is 15.3. The van der Waals surface area contributed by atoms with Gasteiger partial charge in [-0.25, -0.2) is 0 Å². The number of guanidine groups is 1. The predicted octanol–water partition coefficient (Wildman–Crippen LogP) is 4.01. The maximum Gasteiger partial charge on any atom is 0.191 e. The minimum Gasteiger partial charge on any atom is -0.380 e. The van der Waals surface area contributed by atoms with Crippen molar-refractivity contribution in [3.63, 3.8) is 0 Å². The van der Waals surface area contributed by atoms with Crippen LogP contribution in [0.5, 0.6) is 0 Å². The largest absolute Gasteiger partial charge is 0.380 e. The van der Waals surface area contributed by atoms with Gasteiger partial charge in [0.15, 0.2) is 5.96 Å². The molecule has 4 nitrogen and oxygen atoms in total. The number of rotatable bonds is 6. The molecular weight excluding hydrogens is 345 g/mol. The molecule has 0 fully saturated rings. The molecule has 0 aliphatic rings. The lowest BCUT2D eigenvalue weighted by Crippen LogP contribution is -2.36. The molecule has 0 saturated heterocycles. The van der Waals surface area contributed by atoms with Gasteiger partial charge in [0.1, 0.15) is 0 Å². The van der Waals surface area contributed by atoms with E-state index in [0.29, 0.717) is 35.7 Å². The lowest BCUT2D eigenvalue weighted by molar-refractivity contribution is 0.185. The van der Waals surface area contributed by atoms with Crippen LogP contribution in [0.1, 0.15) is 16.7 Å². The topological polar surface area (TPSA) is 45.7 Å². The van der Waals surface area contributed by atoms with E-state index in [-0.39, 0.29) is 0 Å². The average Bonchev–Trinajstić information content (AvgIpc) is 2.57. The van der Waals surface area contributed by atoms with Crippen LogP contribution in [-0.4, -0.2) is 20.1 Å². The Bertz CT molecular complexity index is 704. The highest BCUT2D eigenvalue weighted by molar-refractivity contribution is 6.35. The Balaban J connectivity index is 1.89. The van der Waals surface area contributed by atoms with E-state index in [9.17, 15) is 0 Å². The lowest BCUT2D eigenvalue weighted by Gasteiger charge is -2.13. The van der Waals surface area contributed by atoms with Crippen molar-refractivity contribution in [3.8, 4) is 0 Å². The molecule has 0 atom stereocenters. The Labute approximate surface area is 152 Å². The zero-order valence-electron chi connectivity index (χ0n) is 13.8. The van der Waals surface area contributed by atoms with Crippen molar-refractivity contribution in [3.05, 3.63) is 69.2 Å². The first-order valence-electron chi connectivity index (χ1n) is 7.57. The number of hydrogen-bond acceptors (Lipinski definition) is 2. The Morgan fingerprint density at radius 2 is 1.79 bits per heavy atom. The summed E-state index contributed by atoms with van der Waals surface area (Å²) in [4.78, 5) is 4.22. The fourth-order valence-electron chi connectivity index (χ4n) is 2.25. The summed E-state index contributed by atoms with van der Waals surface area (Å²) >= 11 is 12.1. The molecule has 128 valence electrons. The fourth-order valence-corrected chi connectivity index (χ4v) is 2.72. The second-order valence-electron chi connectivity index (χ2n) is 5.27. The Morgan fingerprint density at radius 1 is 1.04 bits per heavy atom. The van der Waals surface area contributed by atoms with Crippen LogP contribution < -0.4 is 10.6 Å². The van der Waals surface area contributed by atoms with Gasteiger partial charge < -0.3 is 15.4 Å². The van der Waals surface area contributed by atoms with E-state index in [4.69, 9.17) is 27.9 Å². The molecule has 0 unspecified atom stereocenters. The Hall–Kier alpha value is -1.75. The minimum atomic E-state index is 0.569. The van der Waals surface area contributed by atoms with Crippen molar-refractivity contribution in [1.82, 2.24) is 10.6 Å². The van der Waals surface area contributed by atoms with Gasteiger partial charge in [-0.3, -0.25) is 4.99 Å². The van der Waals surface area contributed by atoms with Gasteiger partial charge in [-0.2, -0.15) is 0 Å². The number of benzene rings is 2. The van der Waals surface area contributed by atoms with Crippen molar-refractivity contribution in [2.45, 2.75) is 19.7 Å². The maximum absolute atomic E-state index is 6.18. The van der Waals surface area contributed by atoms with Crippen LogP contribution in [-0.2, 0) is 24.4 Å². The van der Waals surface area contributed by atoms with Crippen LogP contribution in [0.2, 0.25) is 10.0 Å². The van der Waals surface area contributed by atoms with E-state index in [0.717, 1.165) is 16.7 Å². The summed E-state index contributed by atoms with van der Waals surface area (Å²) in [6.45, 7) is 1.85. The van der Waals surface area contributed by atoms with Crippen molar-refractivity contribution in [1.29, 1.82) is 0 Å². The number of hydrogen-bond donors (Lipinski definition) is 2. The van der Waals surface area contributed by atoms with Gasteiger partial charge in [-0.15, -0.1) is 0 Å². The van der Waals surface area contributed by atoms with Gasteiger partial charge in [0.2, 0.25) is 0 Å². The molecule has 2 aromatic carbocycles. The molecule has 0 radical (unpaired) electrons. The summed E-state index contributed by atoms with van der Waals surface area (Å²) in [5.41, 5.74) is 3.27. The number of nitrogens with zero attached hydrogens (tertiary/aromatic N) is 1. The third-order valence-corrected chi connectivity index (χ3v) is 4.03. The molecule has 0 saturated carbocycles. The van der Waals surface area contributed by atoms with Gasteiger partial charge >= 0.3 is 0 Å². The van der Waals surface area contributed by atoms with E-state index in [2.05, 4.69) is 27.8 Å². The summed E-state index contributed by atoms with van der Waals surface area (Å²) in [5.74, 6) is 0.707. The second kappa shape index (κ2) is 9.52. The highest BCUT2D eigenvalue weighted by atomic mass is 35.5. The van der Waals surface area contributed by atoms with E-state index in [1.807, 2.05) is 24.3 Å². The molecule has 2 rings (SSSR count). The summed E-state index contributed by atoms with van der Waals surface area (Å²) in [5, 5.41) is 7.79. The van der Waals surface area contributed by atoms with Crippen LogP contribution >= 0.6 is 23.2 Å². The number of nitrogens with one attached hydrogen (secondary N) is 2. The molecule has 0 bridgehead atoms. The normalized spacial score (nSPS) is 11.4. The molecule has 0 heterocycles. The van der Waals surface area contributed by atoms with Gasteiger partial charge in [0.05, 0.1) is 6.61 Å². The molecule has 2 aromatic rings. The molecule has 2 N–H and O–H groups in total. The van der Waals surface area contributed by atoms with Crippen LogP contribution in [0.15, 0.2) is 47.5 Å². The fraction of sp³-hybridized carbons (Fsp3) is 0.278. The van der Waals surface area contributed by atoms with E-state index >= 15 is 0 Å². The smallest absolute Gasteiger partial charge is 0.191 e. The predicted molar refractivity (Wildman–Crippen MR) is 101 cm³/mol. The average molecular weight is 366 g/mol. The molecule has 0 amide bonds. The molecule has 0 aromatic heterocycles. The molecular formula is C18H21Cl2N3O. The van der Waals surface area contributed by atoms with E-state index in [1.54, 1.807) is 20.2 Å². The molecule has 0 spiro atoms. The molecule has 0 aliphatic carbocycles. The Kier molecular flexibility index (Phi) is 7.37. The molecule has 24 heavy (non-hydrogen) atoms. The lowest BCUT2D eigenvalue weighted by atomic mass is 10.1. The van der Waals surface area contributed by atoms with Crippen molar-refractivity contribution < 1.29 is 4.74 Å². The number of ether oxygens (including phenoxy) is 1. The van der Waals surface area contributed by atoms with Gasteiger partial charge in [0.25, 0.3) is 0 Å². The first kappa shape index (κ1) is 18.6. The second-order valence-corrected chi connectivity index (χ2v) is 6.11. The van der Waals surface area contributed by atoms with Crippen LogP contribution in [0.25, 0.3) is 0 Å². The summed E-state index contributed by atoms with van der Waals surface area (Å²) in [6.07, 6.45) is 0.